The summed E-state index contributed by atoms with van der Waals surface area (Å²) in [5, 5.41) is 0. The van der Waals surface area contributed by atoms with Gasteiger partial charge < -0.3 is 5.73 Å². The summed E-state index contributed by atoms with van der Waals surface area (Å²) in [5.41, 5.74) is 8.63. The summed E-state index contributed by atoms with van der Waals surface area (Å²) in [6.45, 7) is 14.0. The van der Waals surface area contributed by atoms with Crippen LogP contribution in [0.3, 0.4) is 0 Å². The smallest absolute Gasteiger partial charge is 0.128 e. The first-order chi connectivity index (χ1) is 8.75. The lowest BCUT2D eigenvalue weighted by atomic mass is 9.84. The lowest BCUT2D eigenvalue weighted by Gasteiger charge is -2.42. The number of rotatable bonds is 5. The molecule has 0 spiro atoms. The van der Waals surface area contributed by atoms with Crippen molar-refractivity contribution < 1.29 is 4.39 Å². The van der Waals surface area contributed by atoms with E-state index in [1.165, 1.54) is 0 Å². The van der Waals surface area contributed by atoms with Crippen molar-refractivity contribution in [1.82, 2.24) is 4.90 Å². The fourth-order valence-corrected chi connectivity index (χ4v) is 2.91. The van der Waals surface area contributed by atoms with Crippen LogP contribution < -0.4 is 5.73 Å². The third-order valence-corrected chi connectivity index (χ3v) is 4.13. The first-order valence-corrected chi connectivity index (χ1v) is 7.02. The zero-order valence-electron chi connectivity index (χ0n) is 13.0. The summed E-state index contributed by atoms with van der Waals surface area (Å²) < 4.78 is 14.3. The van der Waals surface area contributed by atoms with Gasteiger partial charge in [-0.05, 0) is 58.0 Å². The van der Waals surface area contributed by atoms with Crippen LogP contribution in [0, 0.1) is 19.7 Å². The third kappa shape index (κ3) is 3.15. The highest BCUT2D eigenvalue weighted by Crippen LogP contribution is 2.32. The molecular formula is C16H27FN2. The van der Waals surface area contributed by atoms with E-state index in [1.54, 1.807) is 6.07 Å². The van der Waals surface area contributed by atoms with Crippen LogP contribution in [0.15, 0.2) is 12.1 Å². The third-order valence-electron chi connectivity index (χ3n) is 4.13. The second-order valence-electron chi connectivity index (χ2n) is 5.78. The molecule has 1 unspecified atom stereocenters. The molecule has 0 aliphatic carbocycles. The van der Waals surface area contributed by atoms with Gasteiger partial charge in [-0.1, -0.05) is 19.9 Å². The minimum atomic E-state index is -0.340. The predicted molar refractivity (Wildman–Crippen MR) is 79.8 cm³/mol. The second-order valence-corrected chi connectivity index (χ2v) is 5.78. The standard InChI is InChI=1S/C16H27FN2/c1-7-19(8-2)16(5,6)15(18)14-12(4)9-11(3)10-13(14)17/h9-10,15H,7-8,18H2,1-6H3. The Balaban J connectivity index is 3.23. The number of aryl methyl sites for hydroxylation is 2. The number of benzene rings is 1. The highest BCUT2D eigenvalue weighted by atomic mass is 19.1. The van der Waals surface area contributed by atoms with E-state index in [4.69, 9.17) is 5.73 Å². The lowest BCUT2D eigenvalue weighted by molar-refractivity contribution is 0.105. The Bertz CT molecular complexity index is 413. The van der Waals surface area contributed by atoms with Crippen LogP contribution >= 0.6 is 0 Å². The van der Waals surface area contributed by atoms with Gasteiger partial charge in [0.15, 0.2) is 0 Å². The molecular weight excluding hydrogens is 239 g/mol. The summed E-state index contributed by atoms with van der Waals surface area (Å²) in [5.74, 6) is -0.190. The number of likely N-dealkylation sites (N-methyl/N-ethyl adjacent to an activating group) is 1. The van der Waals surface area contributed by atoms with Crippen LogP contribution in [0.4, 0.5) is 4.39 Å². The van der Waals surface area contributed by atoms with Gasteiger partial charge >= 0.3 is 0 Å². The molecule has 0 aliphatic rings. The van der Waals surface area contributed by atoms with Crippen LogP contribution in [-0.2, 0) is 0 Å². The van der Waals surface area contributed by atoms with Crippen molar-refractivity contribution in [1.29, 1.82) is 0 Å². The van der Waals surface area contributed by atoms with Gasteiger partial charge in [0.25, 0.3) is 0 Å². The van der Waals surface area contributed by atoms with Crippen molar-refractivity contribution in [2.45, 2.75) is 53.1 Å². The van der Waals surface area contributed by atoms with Gasteiger partial charge in [0, 0.05) is 11.1 Å². The van der Waals surface area contributed by atoms with Crippen molar-refractivity contribution in [2.75, 3.05) is 13.1 Å². The molecule has 0 heterocycles. The molecule has 1 atom stereocenters. The van der Waals surface area contributed by atoms with Gasteiger partial charge in [-0.2, -0.15) is 0 Å². The average Bonchev–Trinajstić information content (AvgIpc) is 2.28. The van der Waals surface area contributed by atoms with E-state index >= 15 is 0 Å². The van der Waals surface area contributed by atoms with Gasteiger partial charge in [-0.15, -0.1) is 0 Å². The SMILES string of the molecule is CCN(CC)C(C)(C)C(N)c1c(C)cc(C)cc1F. The van der Waals surface area contributed by atoms with E-state index in [2.05, 4.69) is 32.6 Å². The average molecular weight is 266 g/mol. The zero-order chi connectivity index (χ0) is 14.8. The molecule has 19 heavy (non-hydrogen) atoms. The van der Waals surface area contributed by atoms with E-state index in [9.17, 15) is 4.39 Å². The summed E-state index contributed by atoms with van der Waals surface area (Å²) in [7, 11) is 0. The molecule has 1 aromatic carbocycles. The minimum absolute atomic E-state index is 0.190. The number of halogens is 1. The minimum Gasteiger partial charge on any atom is -0.322 e. The van der Waals surface area contributed by atoms with E-state index in [0.717, 1.165) is 24.2 Å². The molecule has 0 saturated heterocycles. The van der Waals surface area contributed by atoms with E-state index in [1.807, 2.05) is 19.9 Å². The maximum absolute atomic E-state index is 14.3. The quantitative estimate of drug-likeness (QED) is 0.883. The van der Waals surface area contributed by atoms with Crippen LogP contribution in [-0.4, -0.2) is 23.5 Å². The number of nitrogens with two attached hydrogens (primary N) is 1. The predicted octanol–water partition coefficient (Wildman–Crippen LogP) is 3.56. The molecule has 0 saturated carbocycles. The molecule has 1 rings (SSSR count). The second kappa shape index (κ2) is 6.02. The molecule has 0 fully saturated rings. The largest absolute Gasteiger partial charge is 0.322 e. The fraction of sp³-hybridized carbons (Fsp3) is 0.625. The van der Waals surface area contributed by atoms with Crippen LogP contribution in [0.5, 0.6) is 0 Å². The zero-order valence-corrected chi connectivity index (χ0v) is 13.0. The van der Waals surface area contributed by atoms with Crippen molar-refractivity contribution in [2.24, 2.45) is 5.73 Å². The van der Waals surface area contributed by atoms with Gasteiger partial charge in [0.1, 0.15) is 5.82 Å². The maximum atomic E-state index is 14.3. The van der Waals surface area contributed by atoms with Crippen LogP contribution in [0.25, 0.3) is 0 Å². The first kappa shape index (κ1) is 16.1. The maximum Gasteiger partial charge on any atom is 0.128 e. The van der Waals surface area contributed by atoms with E-state index in [-0.39, 0.29) is 17.4 Å². The van der Waals surface area contributed by atoms with E-state index in [0.29, 0.717) is 5.56 Å². The molecule has 3 heteroatoms. The highest BCUT2D eigenvalue weighted by Gasteiger charge is 2.34. The molecule has 2 N–H and O–H groups in total. The van der Waals surface area contributed by atoms with Crippen molar-refractivity contribution in [3.8, 4) is 0 Å². The van der Waals surface area contributed by atoms with Gasteiger partial charge in [-0.3, -0.25) is 4.90 Å². The molecule has 0 amide bonds. The Morgan fingerprint density at radius 3 is 2.16 bits per heavy atom. The Labute approximate surface area is 116 Å². The van der Waals surface area contributed by atoms with Crippen LogP contribution in [0.2, 0.25) is 0 Å². The molecule has 0 bridgehead atoms. The molecule has 2 nitrogen and oxygen atoms in total. The topological polar surface area (TPSA) is 29.3 Å². The lowest BCUT2D eigenvalue weighted by Crippen LogP contribution is -2.51. The Morgan fingerprint density at radius 2 is 1.74 bits per heavy atom. The van der Waals surface area contributed by atoms with Crippen LogP contribution in [0.1, 0.15) is 50.4 Å². The Kier molecular flexibility index (Phi) is 5.11. The summed E-state index contributed by atoms with van der Waals surface area (Å²) in [4.78, 5) is 2.27. The molecule has 0 aliphatic heterocycles. The molecule has 0 aromatic heterocycles. The number of hydrogen-bond acceptors (Lipinski definition) is 2. The first-order valence-electron chi connectivity index (χ1n) is 7.02. The van der Waals surface area contributed by atoms with Gasteiger partial charge in [0.05, 0.1) is 6.04 Å². The van der Waals surface area contributed by atoms with Gasteiger partial charge in [-0.25, -0.2) is 4.39 Å². The van der Waals surface area contributed by atoms with E-state index < -0.39 is 0 Å². The Hall–Kier alpha value is -0.930. The molecule has 0 radical (unpaired) electrons. The Morgan fingerprint density at radius 1 is 1.21 bits per heavy atom. The van der Waals surface area contributed by atoms with Crippen molar-refractivity contribution in [3.05, 3.63) is 34.6 Å². The highest BCUT2D eigenvalue weighted by molar-refractivity contribution is 5.35. The normalized spacial score (nSPS) is 13.9. The van der Waals surface area contributed by atoms with Gasteiger partial charge in [0.2, 0.25) is 0 Å². The molecule has 108 valence electrons. The summed E-state index contributed by atoms with van der Waals surface area (Å²) in [6, 6.07) is 3.23. The van der Waals surface area contributed by atoms with Crippen molar-refractivity contribution >= 4 is 0 Å². The fourth-order valence-electron chi connectivity index (χ4n) is 2.91. The molecule has 1 aromatic rings. The summed E-state index contributed by atoms with van der Waals surface area (Å²) in [6.07, 6.45) is 0. The number of hydrogen-bond donors (Lipinski definition) is 1. The summed E-state index contributed by atoms with van der Waals surface area (Å²) >= 11 is 0. The monoisotopic (exact) mass is 266 g/mol. The number of nitrogens with zero attached hydrogens (tertiary/aromatic N) is 1. The van der Waals surface area contributed by atoms with Crippen molar-refractivity contribution in [3.63, 3.8) is 0 Å².